The normalized spacial score (nSPS) is 16.8. The van der Waals surface area contributed by atoms with Gasteiger partial charge in [-0.05, 0) is 44.4 Å². The summed E-state index contributed by atoms with van der Waals surface area (Å²) >= 11 is 0. The lowest BCUT2D eigenvalue weighted by atomic mass is 10.1. The molecule has 6 heteroatoms. The van der Waals surface area contributed by atoms with Crippen LogP contribution in [0.15, 0.2) is 29.1 Å². The third-order valence-corrected chi connectivity index (χ3v) is 4.66. The largest absolute Gasteiger partial charge is 0.473 e. The Balaban J connectivity index is 1.87. The fourth-order valence-corrected chi connectivity index (χ4v) is 3.13. The molecule has 24 heavy (non-hydrogen) atoms. The lowest BCUT2D eigenvalue weighted by molar-refractivity contribution is 0.288. The first-order valence-electron chi connectivity index (χ1n) is 8.26. The number of fused-ring (bicyclic) bond motifs is 1. The number of hydrogen-bond acceptors (Lipinski definition) is 4. The van der Waals surface area contributed by atoms with E-state index in [1.807, 2.05) is 6.07 Å². The summed E-state index contributed by atoms with van der Waals surface area (Å²) in [5.74, 6) is 0.852. The molecule has 2 aromatic rings. The summed E-state index contributed by atoms with van der Waals surface area (Å²) in [4.78, 5) is 18.5. The molecular formula is C18H22FN3O2. The number of anilines is 1. The smallest absolute Gasteiger partial charge is 0.352 e. The number of benzene rings is 1. The molecule has 2 heterocycles. The van der Waals surface area contributed by atoms with Crippen LogP contribution in [0.4, 0.5) is 10.2 Å². The number of rotatable bonds is 4. The van der Waals surface area contributed by atoms with Crippen LogP contribution in [0.3, 0.4) is 0 Å². The van der Waals surface area contributed by atoms with Crippen molar-refractivity contribution in [2.24, 2.45) is 0 Å². The third-order valence-electron chi connectivity index (χ3n) is 4.66. The van der Waals surface area contributed by atoms with E-state index in [0.29, 0.717) is 18.2 Å². The van der Waals surface area contributed by atoms with E-state index in [9.17, 15) is 9.18 Å². The molecule has 1 aromatic heterocycles. The summed E-state index contributed by atoms with van der Waals surface area (Å²) in [6.45, 7) is 7.59. The maximum absolute atomic E-state index is 13.6. The standard InChI is InChI=1S/C18H22FN3O2/c1-4-21-12(2)8-9-22-17(21)10-16(20-18(22)23)24-11-14-6-5-7-15(19)13(14)3/h5-7,10,12H,4,8-9,11H2,1-3H3/t12-/m0/s1. The van der Waals surface area contributed by atoms with Crippen LogP contribution in [0.25, 0.3) is 0 Å². The predicted octanol–water partition coefficient (Wildman–Crippen LogP) is 2.89. The van der Waals surface area contributed by atoms with Crippen molar-refractivity contribution in [1.29, 1.82) is 0 Å². The lowest BCUT2D eigenvalue weighted by Gasteiger charge is -2.36. The molecule has 128 valence electrons. The minimum absolute atomic E-state index is 0.182. The quantitative estimate of drug-likeness (QED) is 0.864. The number of halogens is 1. The summed E-state index contributed by atoms with van der Waals surface area (Å²) in [6, 6.07) is 7.05. The topological polar surface area (TPSA) is 47.4 Å². The highest BCUT2D eigenvalue weighted by molar-refractivity contribution is 5.44. The molecule has 1 aliphatic rings. The molecule has 0 radical (unpaired) electrons. The lowest BCUT2D eigenvalue weighted by Crippen LogP contribution is -2.43. The molecule has 0 saturated heterocycles. The molecule has 5 nitrogen and oxygen atoms in total. The van der Waals surface area contributed by atoms with Gasteiger partial charge in [-0.2, -0.15) is 4.98 Å². The Morgan fingerprint density at radius 3 is 2.96 bits per heavy atom. The average Bonchev–Trinajstić information content (AvgIpc) is 2.56. The molecule has 0 aliphatic carbocycles. The zero-order chi connectivity index (χ0) is 17.3. The second-order valence-corrected chi connectivity index (χ2v) is 6.12. The Kier molecular flexibility index (Phi) is 4.55. The number of nitrogens with zero attached hydrogens (tertiary/aromatic N) is 3. The van der Waals surface area contributed by atoms with Gasteiger partial charge >= 0.3 is 5.69 Å². The maximum atomic E-state index is 13.6. The van der Waals surface area contributed by atoms with Gasteiger partial charge in [-0.15, -0.1) is 0 Å². The van der Waals surface area contributed by atoms with Crippen molar-refractivity contribution in [1.82, 2.24) is 9.55 Å². The zero-order valence-electron chi connectivity index (χ0n) is 14.3. The van der Waals surface area contributed by atoms with Gasteiger partial charge in [-0.1, -0.05) is 12.1 Å². The van der Waals surface area contributed by atoms with Crippen molar-refractivity contribution in [3.05, 3.63) is 51.7 Å². The molecule has 0 unspecified atom stereocenters. The Hall–Kier alpha value is -2.37. The number of hydrogen-bond donors (Lipinski definition) is 0. The Labute approximate surface area is 140 Å². The van der Waals surface area contributed by atoms with Crippen molar-refractivity contribution in [2.75, 3.05) is 11.4 Å². The van der Waals surface area contributed by atoms with E-state index < -0.39 is 0 Å². The van der Waals surface area contributed by atoms with Crippen LogP contribution >= 0.6 is 0 Å². The van der Waals surface area contributed by atoms with E-state index in [4.69, 9.17) is 4.74 Å². The van der Waals surface area contributed by atoms with Crippen LogP contribution in [0.5, 0.6) is 5.88 Å². The van der Waals surface area contributed by atoms with E-state index in [-0.39, 0.29) is 24.0 Å². The van der Waals surface area contributed by atoms with Gasteiger partial charge in [0.05, 0.1) is 0 Å². The van der Waals surface area contributed by atoms with Crippen LogP contribution in [0.2, 0.25) is 0 Å². The Bertz CT molecular complexity index is 803. The average molecular weight is 331 g/mol. The summed E-state index contributed by atoms with van der Waals surface area (Å²) < 4.78 is 21.0. The molecule has 1 aromatic carbocycles. The van der Waals surface area contributed by atoms with Gasteiger partial charge in [0.15, 0.2) is 0 Å². The minimum Gasteiger partial charge on any atom is -0.473 e. The van der Waals surface area contributed by atoms with Crippen LogP contribution in [0, 0.1) is 12.7 Å². The summed E-state index contributed by atoms with van der Waals surface area (Å²) in [5, 5.41) is 0. The van der Waals surface area contributed by atoms with E-state index >= 15 is 0 Å². The van der Waals surface area contributed by atoms with Crippen molar-refractivity contribution < 1.29 is 9.13 Å². The first-order chi connectivity index (χ1) is 11.5. The van der Waals surface area contributed by atoms with E-state index in [1.54, 1.807) is 23.6 Å². The van der Waals surface area contributed by atoms with Crippen LogP contribution in [-0.2, 0) is 13.2 Å². The fraction of sp³-hybridized carbons (Fsp3) is 0.444. The molecule has 0 amide bonds. The van der Waals surface area contributed by atoms with E-state index in [1.165, 1.54) is 6.07 Å². The van der Waals surface area contributed by atoms with Gasteiger partial charge in [0.2, 0.25) is 5.88 Å². The van der Waals surface area contributed by atoms with Crippen molar-refractivity contribution in [3.8, 4) is 5.88 Å². The van der Waals surface area contributed by atoms with Gasteiger partial charge < -0.3 is 9.64 Å². The minimum atomic E-state index is -0.302. The highest BCUT2D eigenvalue weighted by atomic mass is 19.1. The van der Waals surface area contributed by atoms with Gasteiger partial charge in [0.1, 0.15) is 18.2 Å². The highest BCUT2D eigenvalue weighted by Gasteiger charge is 2.24. The SMILES string of the molecule is CCN1c2cc(OCc3cccc(F)c3C)nc(=O)n2CC[C@@H]1C. The summed E-state index contributed by atoms with van der Waals surface area (Å²) in [7, 11) is 0. The zero-order valence-corrected chi connectivity index (χ0v) is 14.3. The Morgan fingerprint density at radius 2 is 2.21 bits per heavy atom. The number of ether oxygens (including phenoxy) is 1. The van der Waals surface area contributed by atoms with Gasteiger partial charge in [0.25, 0.3) is 0 Å². The molecule has 0 fully saturated rings. The van der Waals surface area contributed by atoms with Gasteiger partial charge in [-0.3, -0.25) is 4.57 Å². The highest BCUT2D eigenvalue weighted by Crippen LogP contribution is 2.26. The molecule has 0 saturated carbocycles. The van der Waals surface area contributed by atoms with Gasteiger partial charge in [-0.25, -0.2) is 9.18 Å². The summed E-state index contributed by atoms with van der Waals surface area (Å²) in [5.41, 5.74) is 0.996. The van der Waals surface area contributed by atoms with E-state index in [2.05, 4.69) is 23.7 Å². The van der Waals surface area contributed by atoms with Crippen molar-refractivity contribution in [3.63, 3.8) is 0 Å². The first-order valence-corrected chi connectivity index (χ1v) is 8.26. The van der Waals surface area contributed by atoms with Crippen LogP contribution in [-0.4, -0.2) is 22.1 Å². The van der Waals surface area contributed by atoms with Crippen molar-refractivity contribution >= 4 is 5.82 Å². The maximum Gasteiger partial charge on any atom is 0.352 e. The molecular weight excluding hydrogens is 309 g/mol. The fourth-order valence-electron chi connectivity index (χ4n) is 3.13. The molecule has 1 atom stereocenters. The third kappa shape index (κ3) is 3.00. The second kappa shape index (κ2) is 6.63. The number of aromatic nitrogens is 2. The molecule has 0 bridgehead atoms. The Morgan fingerprint density at radius 1 is 1.42 bits per heavy atom. The molecule has 0 N–H and O–H groups in total. The van der Waals surface area contributed by atoms with Gasteiger partial charge in [0, 0.05) is 25.2 Å². The predicted molar refractivity (Wildman–Crippen MR) is 91.1 cm³/mol. The van der Waals surface area contributed by atoms with Crippen LogP contribution in [0.1, 0.15) is 31.4 Å². The molecule has 1 aliphatic heterocycles. The molecule has 0 spiro atoms. The molecule has 3 rings (SSSR count). The summed E-state index contributed by atoms with van der Waals surface area (Å²) in [6.07, 6.45) is 0.922. The monoisotopic (exact) mass is 331 g/mol. The second-order valence-electron chi connectivity index (χ2n) is 6.12. The van der Waals surface area contributed by atoms with E-state index in [0.717, 1.165) is 24.3 Å². The van der Waals surface area contributed by atoms with Crippen LogP contribution < -0.4 is 15.3 Å². The first kappa shape index (κ1) is 16.5. The van der Waals surface area contributed by atoms with Crippen molar-refractivity contribution in [2.45, 2.75) is 46.4 Å².